The summed E-state index contributed by atoms with van der Waals surface area (Å²) in [7, 11) is 0. The topological polar surface area (TPSA) is 38.8 Å². The Kier molecular flexibility index (Phi) is 6.63. The first kappa shape index (κ1) is 14.0. The van der Waals surface area contributed by atoms with Crippen molar-refractivity contribution < 1.29 is 14.3 Å². The number of allylic oxidation sites excluding steroid dienone is 2. The van der Waals surface area contributed by atoms with Crippen LogP contribution in [0.5, 0.6) is 0 Å². The van der Waals surface area contributed by atoms with Crippen LogP contribution in [0.25, 0.3) is 0 Å². The van der Waals surface area contributed by atoms with Crippen molar-refractivity contribution >= 4 is 5.97 Å². The summed E-state index contributed by atoms with van der Waals surface area (Å²) in [6.45, 7) is 8.19. The number of rotatable bonds is 6. The highest BCUT2D eigenvalue weighted by molar-refractivity contribution is 5.71. The first-order chi connectivity index (χ1) is 8.26. The molecule has 2 atom stereocenters. The molecule has 2 aliphatic rings. The highest BCUT2D eigenvalue weighted by Gasteiger charge is 2.21. The molecular weight excluding hydrogens is 216 g/mol. The first-order valence-corrected chi connectivity index (χ1v) is 6.29. The van der Waals surface area contributed by atoms with Crippen molar-refractivity contribution in [2.24, 2.45) is 0 Å². The van der Waals surface area contributed by atoms with Crippen LogP contribution in [0.3, 0.4) is 0 Å². The predicted octanol–water partition coefficient (Wildman–Crippen LogP) is 3.01. The number of epoxide rings is 1. The average molecular weight is 238 g/mol. The van der Waals surface area contributed by atoms with Gasteiger partial charge in [0.1, 0.15) is 6.10 Å². The van der Waals surface area contributed by atoms with Crippen LogP contribution in [0, 0.1) is 0 Å². The molecule has 0 radical (unpaired) electrons. The first-order valence-electron chi connectivity index (χ1n) is 6.29. The Morgan fingerprint density at radius 1 is 1.18 bits per heavy atom. The van der Waals surface area contributed by atoms with Gasteiger partial charge in [-0.25, -0.2) is 0 Å². The summed E-state index contributed by atoms with van der Waals surface area (Å²) in [5.74, 6) is -0.0472. The van der Waals surface area contributed by atoms with Crippen molar-refractivity contribution in [3.05, 3.63) is 25.3 Å². The molecule has 2 heterocycles. The van der Waals surface area contributed by atoms with Gasteiger partial charge in [0.05, 0.1) is 12.7 Å². The van der Waals surface area contributed by atoms with E-state index in [2.05, 4.69) is 13.2 Å². The summed E-state index contributed by atoms with van der Waals surface area (Å²) in [6.07, 6.45) is 10.2. The Labute approximate surface area is 103 Å². The molecular formula is C14H22O3. The number of hydrogen-bond donors (Lipinski definition) is 0. The summed E-state index contributed by atoms with van der Waals surface area (Å²) in [5, 5.41) is 0. The number of cyclic esters (lactones) is 1. The van der Waals surface area contributed by atoms with Crippen LogP contribution in [0.1, 0.15) is 38.5 Å². The van der Waals surface area contributed by atoms with E-state index in [0.29, 0.717) is 12.5 Å². The minimum atomic E-state index is -0.0472. The maximum absolute atomic E-state index is 10.6. The number of ether oxygens (including phenoxy) is 2. The lowest BCUT2D eigenvalue weighted by Gasteiger charge is -2.05. The number of carbonyl (C=O) groups is 1. The van der Waals surface area contributed by atoms with Gasteiger partial charge in [-0.1, -0.05) is 12.2 Å². The van der Waals surface area contributed by atoms with Gasteiger partial charge >= 0.3 is 5.97 Å². The quantitative estimate of drug-likeness (QED) is 0.405. The van der Waals surface area contributed by atoms with E-state index in [1.807, 2.05) is 12.2 Å². The number of carbonyl (C=O) groups excluding carboxylic acids is 1. The smallest absolute Gasteiger partial charge is 0.306 e. The lowest BCUT2D eigenvalue weighted by Crippen LogP contribution is -2.05. The third-order valence-corrected chi connectivity index (χ3v) is 2.76. The van der Waals surface area contributed by atoms with E-state index in [-0.39, 0.29) is 12.1 Å². The molecule has 0 amide bonds. The van der Waals surface area contributed by atoms with Gasteiger partial charge in [-0.15, -0.1) is 13.2 Å². The summed E-state index contributed by atoms with van der Waals surface area (Å²) < 4.78 is 9.94. The van der Waals surface area contributed by atoms with Crippen molar-refractivity contribution in [2.45, 2.75) is 50.7 Å². The Morgan fingerprint density at radius 3 is 2.18 bits per heavy atom. The maximum Gasteiger partial charge on any atom is 0.306 e. The minimum Gasteiger partial charge on any atom is -0.462 e. The molecule has 3 heteroatoms. The van der Waals surface area contributed by atoms with E-state index in [1.54, 1.807) is 0 Å². The van der Waals surface area contributed by atoms with E-state index < -0.39 is 0 Å². The molecule has 0 aliphatic carbocycles. The van der Waals surface area contributed by atoms with Crippen LogP contribution < -0.4 is 0 Å². The zero-order valence-electron chi connectivity index (χ0n) is 10.4. The Hall–Kier alpha value is -1.09. The van der Waals surface area contributed by atoms with E-state index in [1.165, 1.54) is 6.42 Å². The summed E-state index contributed by atoms with van der Waals surface area (Å²) >= 11 is 0. The molecule has 0 saturated carbocycles. The summed E-state index contributed by atoms with van der Waals surface area (Å²) in [4.78, 5) is 10.6. The van der Waals surface area contributed by atoms with Crippen molar-refractivity contribution in [3.8, 4) is 0 Å². The fraction of sp³-hybridized carbons (Fsp3) is 0.643. The van der Waals surface area contributed by atoms with Gasteiger partial charge in [-0.3, -0.25) is 4.79 Å². The fourth-order valence-corrected chi connectivity index (χ4v) is 1.63. The Morgan fingerprint density at radius 2 is 1.76 bits per heavy atom. The SMILES string of the molecule is C=CCCC1CO1.C=CCC[C@@H]1CCC(=O)O1. The van der Waals surface area contributed by atoms with Crippen molar-refractivity contribution in [1.29, 1.82) is 0 Å². The minimum absolute atomic E-state index is 0.0472. The second-order valence-corrected chi connectivity index (χ2v) is 4.34. The largest absolute Gasteiger partial charge is 0.462 e. The lowest BCUT2D eigenvalue weighted by molar-refractivity contribution is -0.141. The molecule has 0 spiro atoms. The standard InChI is InChI=1S/C8H12O2.C6H10O/c1-2-3-4-7-5-6-8(9)10-7;1-2-3-4-6-5-7-6/h2,7H,1,3-6H2;2,6H,1,3-5H2/t7-;/m1./s1. The molecule has 0 N–H and O–H groups in total. The molecule has 0 bridgehead atoms. The van der Waals surface area contributed by atoms with Crippen LogP contribution in [-0.2, 0) is 14.3 Å². The normalized spacial score (nSPS) is 25.5. The van der Waals surface area contributed by atoms with Crippen molar-refractivity contribution in [2.75, 3.05) is 6.61 Å². The molecule has 2 fully saturated rings. The zero-order chi connectivity index (χ0) is 12.5. The van der Waals surface area contributed by atoms with Crippen LogP contribution in [0.4, 0.5) is 0 Å². The van der Waals surface area contributed by atoms with E-state index in [4.69, 9.17) is 9.47 Å². The highest BCUT2D eigenvalue weighted by atomic mass is 16.6. The van der Waals surface area contributed by atoms with Gasteiger partial charge in [0.2, 0.25) is 0 Å². The van der Waals surface area contributed by atoms with E-state index >= 15 is 0 Å². The molecule has 17 heavy (non-hydrogen) atoms. The van der Waals surface area contributed by atoms with Crippen molar-refractivity contribution in [1.82, 2.24) is 0 Å². The number of esters is 1. The molecule has 2 rings (SSSR count). The van der Waals surface area contributed by atoms with Gasteiger partial charge in [-0.05, 0) is 32.1 Å². The summed E-state index contributed by atoms with van der Waals surface area (Å²) in [5.41, 5.74) is 0. The fourth-order valence-electron chi connectivity index (χ4n) is 1.63. The van der Waals surface area contributed by atoms with Gasteiger partial charge in [-0.2, -0.15) is 0 Å². The molecule has 0 aromatic carbocycles. The second-order valence-electron chi connectivity index (χ2n) is 4.34. The zero-order valence-corrected chi connectivity index (χ0v) is 10.4. The third kappa shape index (κ3) is 6.95. The molecule has 2 aliphatic heterocycles. The van der Waals surface area contributed by atoms with Crippen LogP contribution in [-0.4, -0.2) is 24.8 Å². The molecule has 0 aromatic heterocycles. The predicted molar refractivity (Wildman–Crippen MR) is 67.7 cm³/mol. The lowest BCUT2D eigenvalue weighted by atomic mass is 10.1. The molecule has 0 aromatic rings. The van der Waals surface area contributed by atoms with E-state index in [9.17, 15) is 4.79 Å². The second kappa shape index (κ2) is 8.07. The van der Waals surface area contributed by atoms with Gasteiger partial charge in [0.25, 0.3) is 0 Å². The van der Waals surface area contributed by atoms with Gasteiger partial charge < -0.3 is 9.47 Å². The summed E-state index contributed by atoms with van der Waals surface area (Å²) in [6, 6.07) is 0. The Bertz CT molecular complexity index is 256. The maximum atomic E-state index is 10.6. The molecule has 2 saturated heterocycles. The van der Waals surface area contributed by atoms with Crippen LogP contribution in [0.15, 0.2) is 25.3 Å². The van der Waals surface area contributed by atoms with E-state index in [0.717, 1.165) is 32.3 Å². The molecule has 96 valence electrons. The van der Waals surface area contributed by atoms with Gasteiger partial charge in [0, 0.05) is 6.42 Å². The van der Waals surface area contributed by atoms with Crippen LogP contribution in [0.2, 0.25) is 0 Å². The molecule has 1 unspecified atom stereocenters. The monoisotopic (exact) mass is 238 g/mol. The average Bonchev–Trinajstić information content (AvgIpc) is 3.07. The number of hydrogen-bond acceptors (Lipinski definition) is 3. The highest BCUT2D eigenvalue weighted by Crippen LogP contribution is 2.17. The Balaban J connectivity index is 0.000000181. The van der Waals surface area contributed by atoms with Gasteiger partial charge in [0.15, 0.2) is 0 Å². The van der Waals surface area contributed by atoms with Crippen LogP contribution >= 0.6 is 0 Å². The third-order valence-electron chi connectivity index (χ3n) is 2.76. The molecule has 3 nitrogen and oxygen atoms in total. The van der Waals surface area contributed by atoms with Crippen molar-refractivity contribution in [3.63, 3.8) is 0 Å².